The van der Waals surface area contributed by atoms with E-state index in [-0.39, 0.29) is 63.2 Å². The predicted octanol–water partition coefficient (Wildman–Crippen LogP) is 10.8. The van der Waals surface area contributed by atoms with E-state index in [0.717, 1.165) is 75.3 Å². The van der Waals surface area contributed by atoms with Crippen LogP contribution in [0.4, 0.5) is 0 Å². The average Bonchev–Trinajstić information content (AvgIpc) is 3.81. The second-order valence-electron chi connectivity index (χ2n) is 21.4. The number of carboxylic acids is 1. The highest BCUT2D eigenvalue weighted by atomic mass is 35.5. The van der Waals surface area contributed by atoms with Gasteiger partial charge in [-0.3, -0.25) is 19.2 Å². The zero-order chi connectivity index (χ0) is 41.0. The molecule has 2 unspecified atom stereocenters. The van der Waals surface area contributed by atoms with Gasteiger partial charge >= 0.3 is 11.9 Å². The van der Waals surface area contributed by atoms with Crippen LogP contribution < -0.4 is 5.32 Å². The molecule has 0 heterocycles. The summed E-state index contributed by atoms with van der Waals surface area (Å²) >= 11 is 6.18. The van der Waals surface area contributed by atoms with Crippen molar-refractivity contribution in [1.82, 2.24) is 5.32 Å². The molecule has 1 amide bonds. The highest BCUT2D eigenvalue weighted by Crippen LogP contribution is 2.77. The number of hydrogen-bond donors (Lipinski definition) is 2. The first kappa shape index (κ1) is 41.2. The number of carbonyl (C=O) groups is 4. The fraction of sp³-hybridized carbons (Fsp3) is 0.708. The van der Waals surface area contributed by atoms with Gasteiger partial charge in [-0.2, -0.15) is 0 Å². The molecular weight excluding hydrogens is 722 g/mol. The van der Waals surface area contributed by atoms with Gasteiger partial charge in [-0.1, -0.05) is 78.3 Å². The topological polar surface area (TPSA) is 110 Å². The summed E-state index contributed by atoms with van der Waals surface area (Å²) in [6, 6.07) is 7.80. The Kier molecular flexibility index (Phi) is 9.99. The van der Waals surface area contributed by atoms with E-state index in [2.05, 4.69) is 59.9 Å². The highest BCUT2D eigenvalue weighted by Gasteiger charge is 2.70. The number of ether oxygens (including phenoxy) is 1. The van der Waals surface area contributed by atoms with E-state index < -0.39 is 22.8 Å². The number of ketones is 1. The lowest BCUT2D eigenvalue weighted by Crippen LogP contribution is -2.65. The van der Waals surface area contributed by atoms with Gasteiger partial charge in [0.1, 0.15) is 6.10 Å². The van der Waals surface area contributed by atoms with Gasteiger partial charge in [0.2, 0.25) is 5.91 Å². The molecule has 1 aromatic rings. The van der Waals surface area contributed by atoms with Gasteiger partial charge in [-0.25, -0.2) is 0 Å². The number of fused-ring (bicyclic) bond motifs is 7. The van der Waals surface area contributed by atoms with E-state index in [1.165, 1.54) is 5.57 Å². The number of halogens is 1. The molecule has 306 valence electrons. The summed E-state index contributed by atoms with van der Waals surface area (Å²) in [5, 5.41) is 13.7. The smallest absolute Gasteiger partial charge is 0.309 e. The minimum atomic E-state index is -1.17. The molecular formula is C48H66ClNO6. The summed E-state index contributed by atoms with van der Waals surface area (Å²) in [6.07, 6.45) is 11.9. The second kappa shape index (κ2) is 13.6. The SMILES string of the molecule is C/C(=C\[C@@]12CC[C@]3(C)[C@H](CC[C@@H]4C5(C)CC[C@H](OC(=O)CC(C)(C)C(=O)O)C(C)(C)C5CC[C@]43C)C1=C(C(C)C)C(=O)C2)C(=O)NC1(c2ccc(Cl)cc2)CC1. The number of aliphatic carboxylic acids is 1. The Morgan fingerprint density at radius 3 is 2.18 bits per heavy atom. The molecule has 6 aliphatic carbocycles. The number of esters is 1. The molecule has 6 aliphatic rings. The van der Waals surface area contributed by atoms with E-state index in [0.29, 0.717) is 28.9 Å². The van der Waals surface area contributed by atoms with Crippen molar-refractivity contribution in [1.29, 1.82) is 0 Å². The molecule has 0 spiro atoms. The lowest BCUT2D eigenvalue weighted by Gasteiger charge is -2.72. The van der Waals surface area contributed by atoms with Crippen LogP contribution in [0.1, 0.15) is 152 Å². The summed E-state index contributed by atoms with van der Waals surface area (Å²) in [6.45, 7) is 21.6. The summed E-state index contributed by atoms with van der Waals surface area (Å²) in [5.74, 6) is 0.00816. The Morgan fingerprint density at radius 1 is 0.911 bits per heavy atom. The minimum absolute atomic E-state index is 0.0139. The molecule has 5 saturated carbocycles. The molecule has 2 N–H and O–H groups in total. The van der Waals surface area contributed by atoms with E-state index >= 15 is 0 Å². The van der Waals surface area contributed by atoms with E-state index in [1.54, 1.807) is 13.8 Å². The van der Waals surface area contributed by atoms with Gasteiger partial charge in [0.15, 0.2) is 5.78 Å². The molecule has 8 heteroatoms. The summed E-state index contributed by atoms with van der Waals surface area (Å²) in [5.41, 5.74) is 2.00. The number of carbonyl (C=O) groups excluding carboxylic acids is 3. The number of hydrogen-bond acceptors (Lipinski definition) is 5. The first-order chi connectivity index (χ1) is 26.0. The maximum Gasteiger partial charge on any atom is 0.309 e. The van der Waals surface area contributed by atoms with Gasteiger partial charge in [0.25, 0.3) is 0 Å². The Balaban J connectivity index is 1.16. The number of amides is 1. The monoisotopic (exact) mass is 787 g/mol. The molecule has 56 heavy (non-hydrogen) atoms. The molecule has 8 atom stereocenters. The second-order valence-corrected chi connectivity index (χ2v) is 21.9. The Hall–Kier alpha value is -2.93. The third-order valence-electron chi connectivity index (χ3n) is 17.2. The number of Topliss-reactive ketones (excluding diaryl/α,β-unsaturated/α-hetero) is 1. The maximum atomic E-state index is 14.2. The zero-order valence-electron chi connectivity index (χ0n) is 35.6. The quantitative estimate of drug-likeness (QED) is 0.190. The first-order valence-corrected chi connectivity index (χ1v) is 21.8. The van der Waals surface area contributed by atoms with E-state index in [4.69, 9.17) is 16.3 Å². The largest absolute Gasteiger partial charge is 0.481 e. The van der Waals surface area contributed by atoms with Crippen LogP contribution in [0.2, 0.25) is 5.02 Å². The predicted molar refractivity (Wildman–Crippen MR) is 220 cm³/mol. The molecule has 7 nitrogen and oxygen atoms in total. The van der Waals surface area contributed by atoms with Crippen molar-refractivity contribution >= 4 is 35.2 Å². The van der Waals surface area contributed by atoms with Crippen LogP contribution in [0, 0.1) is 56.2 Å². The highest BCUT2D eigenvalue weighted by molar-refractivity contribution is 6.30. The molecule has 0 bridgehead atoms. The summed E-state index contributed by atoms with van der Waals surface area (Å²) in [7, 11) is 0. The van der Waals surface area contributed by atoms with E-state index in [9.17, 15) is 24.3 Å². The van der Waals surface area contributed by atoms with Crippen LogP contribution in [-0.2, 0) is 29.5 Å². The summed E-state index contributed by atoms with van der Waals surface area (Å²) < 4.78 is 6.18. The van der Waals surface area contributed by atoms with Gasteiger partial charge in [-0.15, -0.1) is 0 Å². The normalized spacial score (nSPS) is 37.2. The number of benzene rings is 1. The Labute approximate surface area is 340 Å². The molecule has 7 rings (SSSR count). The van der Waals surface area contributed by atoms with Crippen LogP contribution >= 0.6 is 11.6 Å². The van der Waals surface area contributed by atoms with Gasteiger partial charge < -0.3 is 15.2 Å². The van der Waals surface area contributed by atoms with Gasteiger partial charge in [-0.05, 0) is 154 Å². The Bertz CT molecular complexity index is 1890. The molecule has 0 aliphatic heterocycles. The van der Waals surface area contributed by atoms with Gasteiger partial charge in [0.05, 0.1) is 17.4 Å². The zero-order valence-corrected chi connectivity index (χ0v) is 36.4. The number of nitrogens with one attached hydrogen (secondary N) is 1. The van der Waals surface area contributed by atoms with E-state index in [1.807, 2.05) is 31.2 Å². The van der Waals surface area contributed by atoms with Gasteiger partial charge in [0, 0.05) is 27.8 Å². The average molecular weight is 789 g/mol. The van der Waals surface area contributed by atoms with Crippen LogP contribution in [-0.4, -0.2) is 34.8 Å². The van der Waals surface area contributed by atoms with Crippen LogP contribution in [0.15, 0.2) is 47.1 Å². The maximum absolute atomic E-state index is 14.2. The van der Waals surface area contributed by atoms with Crippen molar-refractivity contribution in [2.45, 2.75) is 158 Å². The molecule has 0 aromatic heterocycles. The number of carboxylic acid groups (broad SMARTS) is 1. The van der Waals surface area contributed by atoms with Crippen molar-refractivity contribution < 1.29 is 29.0 Å². The third kappa shape index (κ3) is 6.25. The first-order valence-electron chi connectivity index (χ1n) is 21.5. The van der Waals surface area contributed by atoms with Crippen LogP contribution in [0.25, 0.3) is 0 Å². The molecule has 1 aromatic carbocycles. The standard InChI is InChI=1S/C48H66ClNO6/c1-28(2)38-33(51)26-47(25-29(3)40(53)50-48(23-24-48)30-11-13-31(49)14-12-30)22-21-45(9)32(39(38)47)15-16-35-44(8)19-18-36(56-37(52)27-42(4,5)41(54)55)43(6,7)34(44)17-20-46(35,45)10/h11-14,25,28,32,34-36H,15-24,26-27H2,1-10H3,(H,50,53)(H,54,55)/b29-25+/t32-,34?,35-,36+,44?,45-,46-,47-/m1/s1. The Morgan fingerprint density at radius 2 is 1.57 bits per heavy atom. The van der Waals surface area contributed by atoms with Crippen molar-refractivity contribution in [3.63, 3.8) is 0 Å². The molecule has 0 radical (unpaired) electrons. The lowest BCUT2D eigenvalue weighted by atomic mass is 9.33. The number of rotatable bonds is 9. The van der Waals surface area contributed by atoms with Crippen LogP contribution in [0.3, 0.4) is 0 Å². The lowest BCUT2D eigenvalue weighted by molar-refractivity contribution is -0.232. The summed E-state index contributed by atoms with van der Waals surface area (Å²) in [4.78, 5) is 53.1. The van der Waals surface area contributed by atoms with Crippen LogP contribution in [0.5, 0.6) is 0 Å². The minimum Gasteiger partial charge on any atom is -0.481 e. The van der Waals surface area contributed by atoms with Crippen molar-refractivity contribution in [2.24, 2.45) is 56.2 Å². The third-order valence-corrected chi connectivity index (χ3v) is 17.5. The van der Waals surface area contributed by atoms with Crippen molar-refractivity contribution in [3.8, 4) is 0 Å². The fourth-order valence-corrected chi connectivity index (χ4v) is 14.0. The molecule has 5 fully saturated rings. The van der Waals surface area contributed by atoms with Crippen molar-refractivity contribution in [3.05, 3.63) is 57.6 Å². The number of allylic oxidation sites excluding steroid dienone is 3. The van der Waals surface area contributed by atoms with Crippen molar-refractivity contribution in [2.75, 3.05) is 0 Å². The molecule has 0 saturated heterocycles. The fourth-order valence-electron chi connectivity index (χ4n) is 13.8.